The van der Waals surface area contributed by atoms with Crippen LogP contribution < -0.4 is 10.0 Å². The normalized spacial score (nSPS) is 19.9. The number of fused-ring (bicyclic) bond motifs is 1. The second-order valence-corrected chi connectivity index (χ2v) is 10.9. The highest BCUT2D eigenvalue weighted by Gasteiger charge is 2.31. The lowest BCUT2D eigenvalue weighted by Gasteiger charge is -2.23. The van der Waals surface area contributed by atoms with E-state index in [1.165, 1.54) is 11.6 Å². The van der Waals surface area contributed by atoms with Crippen molar-refractivity contribution in [2.24, 2.45) is 17.3 Å². The highest BCUT2D eigenvalue weighted by Crippen LogP contribution is 2.30. The number of anilines is 1. The van der Waals surface area contributed by atoms with Gasteiger partial charge in [-0.05, 0) is 43.4 Å². The molecular weight excluding hydrogens is 482 g/mol. The predicted octanol–water partition coefficient (Wildman–Crippen LogP) is 5.57. The number of benzene rings is 2. The van der Waals surface area contributed by atoms with Crippen LogP contribution in [0.25, 0.3) is 6.08 Å². The topological polar surface area (TPSA) is 75.5 Å². The molecule has 3 unspecified atom stereocenters. The fourth-order valence-corrected chi connectivity index (χ4v) is 6.49. The van der Waals surface area contributed by atoms with Crippen LogP contribution in [0.4, 0.5) is 14.5 Å². The Kier molecular flexibility index (Phi) is 7.70. The number of hydrogen-bond acceptors (Lipinski definition) is 3. The third kappa shape index (κ3) is 5.42. The second kappa shape index (κ2) is 10.8. The standard InChI is InChI=1S/C27H30F2N4O2S/c1-4-30-36(35)25-17-33(3)26(27(34)31-20-12-14-22(28)23(29)16-20)21(25)13-15-24(32-36)18(2)10-11-19-8-6-5-7-9-19/h5-9,12-18,24H,4,10-11H2,1-3H3,(H,31,34)(H,30,32,35). The summed E-state index contributed by atoms with van der Waals surface area (Å²) in [6.45, 7) is 4.25. The van der Waals surface area contributed by atoms with Crippen LogP contribution in [0.15, 0.2) is 70.1 Å². The van der Waals surface area contributed by atoms with Gasteiger partial charge in [-0.1, -0.05) is 49.4 Å². The number of amides is 1. The molecule has 2 heterocycles. The van der Waals surface area contributed by atoms with Crippen molar-refractivity contribution in [2.45, 2.75) is 37.6 Å². The smallest absolute Gasteiger partial charge is 0.272 e. The first kappa shape index (κ1) is 25.8. The first-order valence-electron chi connectivity index (χ1n) is 11.9. The number of halogens is 2. The highest BCUT2D eigenvalue weighted by atomic mass is 32.2. The molecular formula is C27H30F2N4O2S. The van der Waals surface area contributed by atoms with Crippen molar-refractivity contribution < 1.29 is 17.8 Å². The zero-order valence-corrected chi connectivity index (χ0v) is 21.3. The van der Waals surface area contributed by atoms with Crippen LogP contribution in [0, 0.1) is 17.6 Å². The summed E-state index contributed by atoms with van der Waals surface area (Å²) in [5.74, 6) is -2.43. The average molecular weight is 513 g/mol. The minimum Gasteiger partial charge on any atom is -0.345 e. The average Bonchev–Trinajstić information content (AvgIpc) is 3.13. The van der Waals surface area contributed by atoms with Crippen LogP contribution in [0.5, 0.6) is 0 Å². The molecule has 0 aliphatic carbocycles. The predicted molar refractivity (Wildman–Crippen MR) is 139 cm³/mol. The van der Waals surface area contributed by atoms with Crippen molar-refractivity contribution >= 4 is 27.6 Å². The summed E-state index contributed by atoms with van der Waals surface area (Å²) in [7, 11) is -1.36. The highest BCUT2D eigenvalue weighted by molar-refractivity contribution is 7.91. The minimum atomic E-state index is -3.03. The molecule has 4 rings (SSSR count). The molecule has 2 N–H and O–H groups in total. The Balaban J connectivity index is 1.65. The van der Waals surface area contributed by atoms with Gasteiger partial charge in [0.2, 0.25) is 0 Å². The Labute approximate surface area is 210 Å². The number of rotatable bonds is 7. The maximum absolute atomic E-state index is 14.1. The van der Waals surface area contributed by atoms with E-state index in [1.54, 1.807) is 17.8 Å². The zero-order chi connectivity index (χ0) is 25.9. The van der Waals surface area contributed by atoms with E-state index in [-0.39, 0.29) is 23.3 Å². The molecule has 0 saturated carbocycles. The summed E-state index contributed by atoms with van der Waals surface area (Å²) in [5, 5.41) is 2.61. The van der Waals surface area contributed by atoms with E-state index in [0.29, 0.717) is 17.0 Å². The van der Waals surface area contributed by atoms with E-state index in [1.807, 2.05) is 37.3 Å². The van der Waals surface area contributed by atoms with Gasteiger partial charge in [0, 0.05) is 43.1 Å². The lowest BCUT2D eigenvalue weighted by atomic mass is 9.94. The Morgan fingerprint density at radius 3 is 2.64 bits per heavy atom. The molecule has 3 aromatic rings. The van der Waals surface area contributed by atoms with Crippen molar-refractivity contribution in [1.82, 2.24) is 9.29 Å². The largest absolute Gasteiger partial charge is 0.345 e. The van der Waals surface area contributed by atoms with E-state index in [2.05, 4.69) is 33.5 Å². The van der Waals surface area contributed by atoms with Crippen molar-refractivity contribution in [3.05, 3.63) is 89.3 Å². The molecule has 0 spiro atoms. The van der Waals surface area contributed by atoms with Crippen molar-refractivity contribution in [2.75, 3.05) is 11.9 Å². The van der Waals surface area contributed by atoms with Gasteiger partial charge in [-0.2, -0.15) is 0 Å². The fourth-order valence-electron chi connectivity index (χ4n) is 4.35. The third-order valence-corrected chi connectivity index (χ3v) is 8.43. The molecule has 1 amide bonds. The van der Waals surface area contributed by atoms with Gasteiger partial charge < -0.3 is 9.88 Å². The van der Waals surface area contributed by atoms with Gasteiger partial charge >= 0.3 is 0 Å². The number of hydrogen-bond donors (Lipinski definition) is 2. The van der Waals surface area contributed by atoms with Crippen molar-refractivity contribution in [1.29, 1.82) is 0 Å². The molecule has 36 heavy (non-hydrogen) atoms. The van der Waals surface area contributed by atoms with Gasteiger partial charge in [-0.15, -0.1) is 0 Å². The molecule has 3 atom stereocenters. The Morgan fingerprint density at radius 2 is 1.94 bits per heavy atom. The van der Waals surface area contributed by atoms with Crippen LogP contribution in [-0.4, -0.2) is 27.3 Å². The lowest BCUT2D eigenvalue weighted by Crippen LogP contribution is -2.37. The van der Waals surface area contributed by atoms with Crippen LogP contribution in [0.3, 0.4) is 0 Å². The summed E-state index contributed by atoms with van der Waals surface area (Å²) < 4.78 is 50.3. The molecule has 0 radical (unpaired) electrons. The Bertz CT molecular complexity index is 1410. The molecule has 190 valence electrons. The first-order valence-corrected chi connectivity index (χ1v) is 13.4. The summed E-state index contributed by atoms with van der Waals surface area (Å²) in [6, 6.07) is 13.1. The van der Waals surface area contributed by atoms with Crippen LogP contribution in [0.2, 0.25) is 0 Å². The lowest BCUT2D eigenvalue weighted by molar-refractivity contribution is 0.101. The summed E-state index contributed by atoms with van der Waals surface area (Å²) in [4.78, 5) is 13.6. The van der Waals surface area contributed by atoms with Gasteiger partial charge in [0.25, 0.3) is 5.91 Å². The van der Waals surface area contributed by atoms with Gasteiger partial charge in [0.1, 0.15) is 15.6 Å². The third-order valence-electron chi connectivity index (χ3n) is 6.30. The maximum atomic E-state index is 14.1. The molecule has 1 aliphatic heterocycles. The van der Waals surface area contributed by atoms with Crippen molar-refractivity contribution in [3.8, 4) is 0 Å². The van der Waals surface area contributed by atoms with Crippen molar-refractivity contribution in [3.63, 3.8) is 0 Å². The monoisotopic (exact) mass is 512 g/mol. The van der Waals surface area contributed by atoms with E-state index in [9.17, 15) is 17.8 Å². The quantitative estimate of drug-likeness (QED) is 0.434. The van der Waals surface area contributed by atoms with E-state index >= 15 is 0 Å². The van der Waals surface area contributed by atoms with Gasteiger partial charge in [0.05, 0.1) is 4.90 Å². The van der Waals surface area contributed by atoms with Gasteiger partial charge in [-0.25, -0.2) is 22.1 Å². The van der Waals surface area contributed by atoms with Gasteiger partial charge in [-0.3, -0.25) is 4.79 Å². The summed E-state index contributed by atoms with van der Waals surface area (Å²) in [6.07, 6.45) is 7.14. The number of nitrogens with one attached hydrogen (secondary N) is 2. The Hall–Kier alpha value is -3.30. The Morgan fingerprint density at radius 1 is 1.19 bits per heavy atom. The molecule has 1 aliphatic rings. The SMILES string of the molecule is CCN=S1(=O)NC(C(C)CCc2ccccc2)C=Cc2c1cn(C)c2C(=O)Nc1ccc(F)c(F)c1. The van der Waals surface area contributed by atoms with Crippen LogP contribution in [0.1, 0.15) is 41.9 Å². The number of nitrogens with zero attached hydrogens (tertiary/aromatic N) is 2. The minimum absolute atomic E-state index is 0.121. The summed E-state index contributed by atoms with van der Waals surface area (Å²) in [5.41, 5.74) is 2.10. The number of carbonyl (C=O) groups excluding carboxylic acids is 1. The fraction of sp³-hybridized carbons (Fsp3) is 0.296. The van der Waals surface area contributed by atoms with E-state index in [0.717, 1.165) is 25.0 Å². The number of aryl methyl sites for hydroxylation is 2. The molecule has 0 bridgehead atoms. The molecule has 6 nitrogen and oxygen atoms in total. The molecule has 0 saturated heterocycles. The zero-order valence-electron chi connectivity index (χ0n) is 20.5. The molecule has 2 aromatic carbocycles. The number of aromatic nitrogens is 1. The van der Waals surface area contributed by atoms with Crippen LogP contribution >= 0.6 is 0 Å². The van der Waals surface area contributed by atoms with E-state index < -0.39 is 27.5 Å². The maximum Gasteiger partial charge on any atom is 0.272 e. The number of carbonyl (C=O) groups is 1. The van der Waals surface area contributed by atoms with E-state index in [4.69, 9.17) is 0 Å². The first-order chi connectivity index (χ1) is 17.2. The van der Waals surface area contributed by atoms with Gasteiger partial charge in [0.15, 0.2) is 11.6 Å². The second-order valence-electron chi connectivity index (χ2n) is 8.93. The molecule has 0 fully saturated rings. The molecule has 9 heteroatoms. The molecule has 1 aromatic heterocycles. The summed E-state index contributed by atoms with van der Waals surface area (Å²) >= 11 is 0. The van der Waals surface area contributed by atoms with Crippen LogP contribution in [-0.2, 0) is 23.4 Å².